The van der Waals surface area contributed by atoms with Crippen molar-refractivity contribution in [3.63, 3.8) is 0 Å². The Labute approximate surface area is 128 Å². The second kappa shape index (κ2) is 7.71. The molecule has 1 fully saturated rings. The second-order valence-corrected chi connectivity index (χ2v) is 6.11. The Morgan fingerprint density at radius 2 is 2.29 bits per heavy atom. The number of nitrogens with zero attached hydrogens (tertiary/aromatic N) is 4. The van der Waals surface area contributed by atoms with Gasteiger partial charge in [0, 0.05) is 43.6 Å². The number of nitrogens with one attached hydrogen (secondary N) is 1. The molecule has 5 heteroatoms. The van der Waals surface area contributed by atoms with Crippen LogP contribution in [0.3, 0.4) is 0 Å². The molecule has 0 amide bonds. The molecule has 5 nitrogen and oxygen atoms in total. The van der Waals surface area contributed by atoms with Gasteiger partial charge in [0.15, 0.2) is 0 Å². The quantitative estimate of drug-likeness (QED) is 0.776. The summed E-state index contributed by atoms with van der Waals surface area (Å²) >= 11 is 0. The highest BCUT2D eigenvalue weighted by Gasteiger charge is 2.23. The van der Waals surface area contributed by atoms with Gasteiger partial charge in [-0.3, -0.25) is 0 Å². The highest BCUT2D eigenvalue weighted by atomic mass is 15.3. The SMILES string of the molecule is CCCNCc1cnc(N(C)CC2CCCN2C)nc1C. The smallest absolute Gasteiger partial charge is 0.225 e. The maximum Gasteiger partial charge on any atom is 0.225 e. The third kappa shape index (κ3) is 4.38. The summed E-state index contributed by atoms with van der Waals surface area (Å²) in [5.74, 6) is 0.840. The molecule has 1 aromatic rings. The van der Waals surface area contributed by atoms with Gasteiger partial charge < -0.3 is 15.1 Å². The number of rotatable bonds is 7. The van der Waals surface area contributed by atoms with Gasteiger partial charge in [-0.1, -0.05) is 6.92 Å². The topological polar surface area (TPSA) is 44.3 Å². The van der Waals surface area contributed by atoms with Gasteiger partial charge in [0.05, 0.1) is 0 Å². The molecule has 1 aromatic heterocycles. The summed E-state index contributed by atoms with van der Waals surface area (Å²) in [5.41, 5.74) is 2.27. The zero-order valence-electron chi connectivity index (χ0n) is 13.9. The molecule has 0 aromatic carbocycles. The summed E-state index contributed by atoms with van der Waals surface area (Å²) in [5, 5.41) is 3.41. The molecule has 1 atom stereocenters. The summed E-state index contributed by atoms with van der Waals surface area (Å²) in [6, 6.07) is 0.629. The molecule has 2 rings (SSSR count). The molecule has 118 valence electrons. The Morgan fingerprint density at radius 1 is 1.48 bits per heavy atom. The van der Waals surface area contributed by atoms with E-state index in [9.17, 15) is 0 Å². The molecule has 1 aliphatic rings. The Balaban J connectivity index is 1.95. The first-order valence-electron chi connectivity index (χ1n) is 8.06. The Morgan fingerprint density at radius 3 is 2.90 bits per heavy atom. The molecule has 0 saturated carbocycles. The highest BCUT2D eigenvalue weighted by molar-refractivity contribution is 5.32. The maximum atomic E-state index is 4.68. The van der Waals surface area contributed by atoms with Crippen LogP contribution in [0.1, 0.15) is 37.4 Å². The van der Waals surface area contributed by atoms with Gasteiger partial charge in [0.2, 0.25) is 5.95 Å². The second-order valence-electron chi connectivity index (χ2n) is 6.11. The Hall–Kier alpha value is -1.20. The molecular weight excluding hydrogens is 262 g/mol. The van der Waals surface area contributed by atoms with E-state index in [0.29, 0.717) is 6.04 Å². The zero-order chi connectivity index (χ0) is 15.2. The van der Waals surface area contributed by atoms with Crippen LogP contribution in [0.4, 0.5) is 5.95 Å². The van der Waals surface area contributed by atoms with E-state index in [1.54, 1.807) is 0 Å². The fraction of sp³-hybridized carbons (Fsp3) is 0.750. The predicted octanol–water partition coefficient (Wildman–Crippen LogP) is 1.82. The number of anilines is 1. The average Bonchev–Trinajstić information content (AvgIpc) is 2.86. The molecule has 1 N–H and O–H groups in total. The lowest BCUT2D eigenvalue weighted by Gasteiger charge is -2.26. The van der Waals surface area contributed by atoms with Crippen LogP contribution in [0.5, 0.6) is 0 Å². The van der Waals surface area contributed by atoms with Gasteiger partial charge in [0.1, 0.15) is 0 Å². The van der Waals surface area contributed by atoms with Crippen LogP contribution in [-0.2, 0) is 6.54 Å². The summed E-state index contributed by atoms with van der Waals surface area (Å²) in [6.45, 7) is 8.35. The average molecular weight is 291 g/mol. The van der Waals surface area contributed by atoms with Crippen LogP contribution < -0.4 is 10.2 Å². The van der Waals surface area contributed by atoms with Gasteiger partial charge in [-0.05, 0) is 46.3 Å². The molecule has 0 aliphatic carbocycles. The fourth-order valence-electron chi connectivity index (χ4n) is 2.84. The minimum absolute atomic E-state index is 0.629. The van der Waals surface area contributed by atoms with Crippen molar-refractivity contribution < 1.29 is 0 Å². The van der Waals surface area contributed by atoms with E-state index in [2.05, 4.69) is 53.0 Å². The first kappa shape index (κ1) is 16.2. The third-order valence-corrected chi connectivity index (χ3v) is 4.31. The monoisotopic (exact) mass is 291 g/mol. The highest BCUT2D eigenvalue weighted by Crippen LogP contribution is 2.17. The van der Waals surface area contributed by atoms with Crippen LogP contribution in [0.2, 0.25) is 0 Å². The lowest BCUT2D eigenvalue weighted by atomic mass is 10.2. The number of aryl methyl sites for hydroxylation is 1. The van der Waals surface area contributed by atoms with Crippen molar-refractivity contribution in [3.8, 4) is 0 Å². The maximum absolute atomic E-state index is 4.68. The van der Waals surface area contributed by atoms with Crippen LogP contribution >= 0.6 is 0 Å². The molecule has 1 saturated heterocycles. The summed E-state index contributed by atoms with van der Waals surface area (Å²) in [6.07, 6.45) is 5.70. The standard InChI is InChI=1S/C16H29N5/c1-5-8-17-10-14-11-18-16(19-13(14)2)21(4)12-15-7-6-9-20(15)3/h11,15,17H,5-10,12H2,1-4H3. The summed E-state index contributed by atoms with van der Waals surface area (Å²) in [7, 11) is 4.30. The molecule has 0 bridgehead atoms. The van der Waals surface area contributed by atoms with E-state index < -0.39 is 0 Å². The number of likely N-dealkylation sites (tertiary alicyclic amines) is 1. The van der Waals surface area contributed by atoms with Crippen LogP contribution in [0.25, 0.3) is 0 Å². The summed E-state index contributed by atoms with van der Waals surface area (Å²) < 4.78 is 0. The first-order valence-corrected chi connectivity index (χ1v) is 8.06. The van der Waals surface area contributed by atoms with Crippen molar-refractivity contribution in [2.45, 2.75) is 45.7 Å². The Kier molecular flexibility index (Phi) is 5.94. The van der Waals surface area contributed by atoms with Gasteiger partial charge >= 0.3 is 0 Å². The zero-order valence-corrected chi connectivity index (χ0v) is 13.9. The number of hydrogen-bond acceptors (Lipinski definition) is 5. The normalized spacial score (nSPS) is 19.1. The molecule has 21 heavy (non-hydrogen) atoms. The van der Waals surface area contributed by atoms with Gasteiger partial charge in [-0.15, -0.1) is 0 Å². The van der Waals surface area contributed by atoms with Crippen LogP contribution in [0.15, 0.2) is 6.20 Å². The van der Waals surface area contributed by atoms with E-state index in [4.69, 9.17) is 0 Å². The molecule has 0 radical (unpaired) electrons. The number of likely N-dealkylation sites (N-methyl/N-ethyl adjacent to an activating group) is 2. The van der Waals surface area contributed by atoms with Crippen molar-refractivity contribution in [2.24, 2.45) is 0 Å². The first-order chi connectivity index (χ1) is 10.1. The van der Waals surface area contributed by atoms with Crippen molar-refractivity contribution in [1.82, 2.24) is 20.2 Å². The minimum Gasteiger partial charge on any atom is -0.342 e. The van der Waals surface area contributed by atoms with Crippen LogP contribution in [-0.4, -0.2) is 54.6 Å². The van der Waals surface area contributed by atoms with Gasteiger partial charge in [-0.2, -0.15) is 0 Å². The number of aromatic nitrogens is 2. The fourth-order valence-corrected chi connectivity index (χ4v) is 2.84. The third-order valence-electron chi connectivity index (χ3n) is 4.31. The van der Waals surface area contributed by atoms with E-state index in [1.165, 1.54) is 24.9 Å². The number of hydrogen-bond donors (Lipinski definition) is 1. The van der Waals surface area contributed by atoms with Crippen molar-refractivity contribution >= 4 is 5.95 Å². The molecular formula is C16H29N5. The molecule has 0 spiro atoms. The molecule has 2 heterocycles. The minimum atomic E-state index is 0.629. The van der Waals surface area contributed by atoms with Gasteiger partial charge in [0.25, 0.3) is 0 Å². The van der Waals surface area contributed by atoms with E-state index >= 15 is 0 Å². The lowest BCUT2D eigenvalue weighted by molar-refractivity contribution is 0.313. The summed E-state index contributed by atoms with van der Waals surface area (Å²) in [4.78, 5) is 13.8. The largest absolute Gasteiger partial charge is 0.342 e. The van der Waals surface area contributed by atoms with Crippen molar-refractivity contribution in [1.29, 1.82) is 0 Å². The van der Waals surface area contributed by atoms with E-state index in [-0.39, 0.29) is 0 Å². The Bertz CT molecular complexity index is 448. The molecule has 1 aliphatic heterocycles. The van der Waals surface area contributed by atoms with Crippen molar-refractivity contribution in [2.75, 3.05) is 38.6 Å². The van der Waals surface area contributed by atoms with Gasteiger partial charge in [-0.25, -0.2) is 9.97 Å². The predicted molar refractivity (Wildman–Crippen MR) is 87.7 cm³/mol. The van der Waals surface area contributed by atoms with Crippen LogP contribution in [0, 0.1) is 6.92 Å². The lowest BCUT2D eigenvalue weighted by Crippen LogP contribution is -2.37. The van der Waals surface area contributed by atoms with Crippen molar-refractivity contribution in [3.05, 3.63) is 17.5 Å². The molecule has 1 unspecified atom stereocenters. The van der Waals surface area contributed by atoms with E-state index in [1.807, 2.05) is 6.20 Å². The van der Waals surface area contributed by atoms with E-state index in [0.717, 1.165) is 37.7 Å².